The average Bonchev–Trinajstić information content (AvgIpc) is 2.85. The van der Waals surface area contributed by atoms with E-state index >= 15 is 0 Å². The Morgan fingerprint density at radius 2 is 2.15 bits per heavy atom. The van der Waals surface area contributed by atoms with E-state index < -0.39 is 4.92 Å². The molecule has 1 amide bonds. The predicted molar refractivity (Wildman–Crippen MR) is 74.2 cm³/mol. The Balaban J connectivity index is 2.00. The van der Waals surface area contributed by atoms with Crippen LogP contribution in [0, 0.1) is 17.0 Å². The van der Waals surface area contributed by atoms with E-state index in [0.717, 1.165) is 5.56 Å². The van der Waals surface area contributed by atoms with E-state index in [1.54, 1.807) is 6.07 Å². The summed E-state index contributed by atoms with van der Waals surface area (Å²) >= 11 is 0. The number of anilines is 1. The molecule has 0 spiro atoms. The fraction of sp³-hybridized carbons (Fsp3) is 0.0714. The molecular formula is C14H12N2O4. The molecule has 2 rings (SSSR count). The molecule has 0 radical (unpaired) electrons. The van der Waals surface area contributed by atoms with E-state index in [4.69, 9.17) is 4.42 Å². The summed E-state index contributed by atoms with van der Waals surface area (Å²) in [5, 5.41) is 13.1. The molecule has 1 aromatic carbocycles. The predicted octanol–water partition coefficient (Wildman–Crippen LogP) is 3.15. The summed E-state index contributed by atoms with van der Waals surface area (Å²) in [4.78, 5) is 21.5. The average molecular weight is 272 g/mol. The van der Waals surface area contributed by atoms with Gasteiger partial charge in [0.1, 0.15) is 10.7 Å². The van der Waals surface area contributed by atoms with Crippen molar-refractivity contribution in [2.45, 2.75) is 6.92 Å². The SMILES string of the molecule is Cc1cccc(NC(=O)C=Cc2ccc([N+](=O)[O-])o2)c1. The first-order valence-corrected chi connectivity index (χ1v) is 5.84. The van der Waals surface area contributed by atoms with Crippen LogP contribution in [0.2, 0.25) is 0 Å². The monoisotopic (exact) mass is 272 g/mol. The van der Waals surface area contributed by atoms with Gasteiger partial charge in [0.2, 0.25) is 5.91 Å². The van der Waals surface area contributed by atoms with Gasteiger partial charge in [0.25, 0.3) is 0 Å². The largest absolute Gasteiger partial charge is 0.433 e. The van der Waals surface area contributed by atoms with Gasteiger partial charge in [0.05, 0.1) is 6.07 Å². The Morgan fingerprint density at radius 1 is 1.35 bits per heavy atom. The Morgan fingerprint density at radius 3 is 2.80 bits per heavy atom. The zero-order valence-corrected chi connectivity index (χ0v) is 10.7. The molecule has 102 valence electrons. The smallest absolute Gasteiger partial charge is 0.401 e. The maximum atomic E-state index is 11.7. The first-order chi connectivity index (χ1) is 9.54. The van der Waals surface area contributed by atoms with Crippen LogP contribution < -0.4 is 5.32 Å². The van der Waals surface area contributed by atoms with E-state index in [1.165, 1.54) is 24.3 Å². The van der Waals surface area contributed by atoms with Crippen LogP contribution in [0.25, 0.3) is 6.08 Å². The van der Waals surface area contributed by atoms with Gasteiger partial charge in [-0.05, 0) is 36.8 Å². The van der Waals surface area contributed by atoms with Crippen LogP contribution in [0.3, 0.4) is 0 Å². The van der Waals surface area contributed by atoms with E-state index in [1.807, 2.05) is 25.1 Å². The van der Waals surface area contributed by atoms with Gasteiger partial charge in [0, 0.05) is 11.8 Å². The lowest BCUT2D eigenvalue weighted by atomic mass is 10.2. The van der Waals surface area contributed by atoms with Crippen molar-refractivity contribution >= 4 is 23.6 Å². The molecule has 0 fully saturated rings. The zero-order valence-electron chi connectivity index (χ0n) is 10.7. The minimum Gasteiger partial charge on any atom is -0.401 e. The molecule has 20 heavy (non-hydrogen) atoms. The van der Waals surface area contributed by atoms with Crippen LogP contribution in [0.1, 0.15) is 11.3 Å². The highest BCUT2D eigenvalue weighted by Crippen LogP contribution is 2.16. The topological polar surface area (TPSA) is 85.4 Å². The van der Waals surface area contributed by atoms with Crippen molar-refractivity contribution in [2.75, 3.05) is 5.32 Å². The van der Waals surface area contributed by atoms with Crippen molar-refractivity contribution in [1.29, 1.82) is 0 Å². The Kier molecular flexibility index (Phi) is 3.95. The van der Waals surface area contributed by atoms with Crippen LogP contribution >= 0.6 is 0 Å². The summed E-state index contributed by atoms with van der Waals surface area (Å²) in [6.07, 6.45) is 2.63. The van der Waals surface area contributed by atoms with Crippen molar-refractivity contribution in [2.24, 2.45) is 0 Å². The van der Waals surface area contributed by atoms with E-state index in [0.29, 0.717) is 5.69 Å². The number of nitrogens with zero attached hydrogens (tertiary/aromatic N) is 1. The quantitative estimate of drug-likeness (QED) is 0.526. The van der Waals surface area contributed by atoms with E-state index in [-0.39, 0.29) is 17.6 Å². The molecule has 0 bridgehead atoms. The summed E-state index contributed by atoms with van der Waals surface area (Å²) in [6, 6.07) is 10.0. The second-order valence-electron chi connectivity index (χ2n) is 4.13. The first kappa shape index (κ1) is 13.5. The molecule has 0 aliphatic rings. The summed E-state index contributed by atoms with van der Waals surface area (Å²) in [6.45, 7) is 1.92. The first-order valence-electron chi connectivity index (χ1n) is 5.84. The molecule has 0 unspecified atom stereocenters. The van der Waals surface area contributed by atoms with Crippen LogP contribution in [-0.2, 0) is 4.79 Å². The van der Waals surface area contributed by atoms with Crippen LogP contribution in [-0.4, -0.2) is 10.8 Å². The van der Waals surface area contributed by atoms with Gasteiger partial charge >= 0.3 is 5.88 Å². The minimum absolute atomic E-state index is 0.246. The van der Waals surface area contributed by atoms with Crippen LogP contribution in [0.5, 0.6) is 0 Å². The minimum atomic E-state index is -0.635. The number of benzene rings is 1. The fourth-order valence-corrected chi connectivity index (χ4v) is 1.59. The number of carbonyl (C=O) groups is 1. The second kappa shape index (κ2) is 5.83. The van der Waals surface area contributed by atoms with Gasteiger partial charge in [-0.25, -0.2) is 0 Å². The number of rotatable bonds is 4. The fourth-order valence-electron chi connectivity index (χ4n) is 1.59. The molecule has 1 heterocycles. The highest BCUT2D eigenvalue weighted by molar-refractivity contribution is 6.01. The van der Waals surface area contributed by atoms with Gasteiger partial charge in [-0.2, -0.15) is 0 Å². The lowest BCUT2D eigenvalue weighted by Crippen LogP contribution is -2.07. The highest BCUT2D eigenvalue weighted by atomic mass is 16.6. The number of amides is 1. The van der Waals surface area contributed by atoms with Crippen molar-refractivity contribution < 1.29 is 14.1 Å². The summed E-state index contributed by atoms with van der Waals surface area (Å²) in [5.74, 6) is -0.450. The lowest BCUT2D eigenvalue weighted by molar-refractivity contribution is -0.402. The number of hydrogen-bond acceptors (Lipinski definition) is 4. The van der Waals surface area contributed by atoms with E-state index in [2.05, 4.69) is 5.32 Å². The van der Waals surface area contributed by atoms with E-state index in [9.17, 15) is 14.9 Å². The lowest BCUT2D eigenvalue weighted by Gasteiger charge is -2.02. The summed E-state index contributed by atoms with van der Waals surface area (Å²) < 4.78 is 4.90. The standard InChI is InChI=1S/C14H12N2O4/c1-10-3-2-4-11(9-10)15-13(17)7-5-12-6-8-14(20-12)16(18)19/h2-9H,1H3,(H,15,17). The van der Waals surface area contributed by atoms with Crippen molar-refractivity contribution in [1.82, 2.24) is 0 Å². The maximum absolute atomic E-state index is 11.7. The summed E-state index contributed by atoms with van der Waals surface area (Å²) in [7, 11) is 0. The number of nitro groups is 1. The number of carbonyl (C=O) groups excluding carboxylic acids is 1. The van der Waals surface area contributed by atoms with Crippen molar-refractivity contribution in [3.05, 3.63) is 63.9 Å². The molecule has 6 nitrogen and oxygen atoms in total. The third-order valence-electron chi connectivity index (χ3n) is 2.48. The van der Waals surface area contributed by atoms with Gasteiger partial charge in [-0.15, -0.1) is 0 Å². The maximum Gasteiger partial charge on any atom is 0.433 e. The third-order valence-corrected chi connectivity index (χ3v) is 2.48. The molecule has 0 aliphatic heterocycles. The number of nitrogens with one attached hydrogen (secondary N) is 1. The molecule has 1 N–H and O–H groups in total. The Labute approximate surface area is 114 Å². The molecule has 0 saturated carbocycles. The van der Waals surface area contributed by atoms with Gasteiger partial charge in [0.15, 0.2) is 0 Å². The molecule has 6 heteroatoms. The molecular weight excluding hydrogens is 260 g/mol. The second-order valence-corrected chi connectivity index (χ2v) is 4.13. The normalized spacial score (nSPS) is 10.7. The number of aryl methyl sites for hydroxylation is 1. The molecule has 2 aromatic rings. The van der Waals surface area contributed by atoms with Crippen molar-refractivity contribution in [3.8, 4) is 0 Å². The number of furan rings is 1. The zero-order chi connectivity index (χ0) is 14.5. The van der Waals surface area contributed by atoms with Crippen LogP contribution in [0.4, 0.5) is 11.6 Å². The van der Waals surface area contributed by atoms with Gasteiger partial charge in [-0.1, -0.05) is 12.1 Å². The van der Waals surface area contributed by atoms with Gasteiger partial charge < -0.3 is 9.73 Å². The van der Waals surface area contributed by atoms with Crippen molar-refractivity contribution in [3.63, 3.8) is 0 Å². The third kappa shape index (κ3) is 3.55. The number of hydrogen-bond donors (Lipinski definition) is 1. The molecule has 0 aliphatic carbocycles. The summed E-state index contributed by atoms with van der Waals surface area (Å²) in [5.41, 5.74) is 1.72. The molecule has 0 atom stereocenters. The Hall–Kier alpha value is -2.89. The molecule has 1 aromatic heterocycles. The van der Waals surface area contributed by atoms with Gasteiger partial charge in [-0.3, -0.25) is 14.9 Å². The highest BCUT2D eigenvalue weighted by Gasteiger charge is 2.10. The molecule has 0 saturated heterocycles. The Bertz CT molecular complexity index is 673. The van der Waals surface area contributed by atoms with Crippen LogP contribution in [0.15, 0.2) is 46.9 Å².